The van der Waals surface area contributed by atoms with E-state index in [0.29, 0.717) is 23.3 Å². The molecule has 0 radical (unpaired) electrons. The van der Waals surface area contributed by atoms with Crippen molar-refractivity contribution in [3.63, 3.8) is 0 Å². The van der Waals surface area contributed by atoms with Crippen molar-refractivity contribution < 1.29 is 14.3 Å². The van der Waals surface area contributed by atoms with Crippen LogP contribution in [0.4, 0.5) is 0 Å². The molecule has 2 aromatic carbocycles. The van der Waals surface area contributed by atoms with E-state index in [4.69, 9.17) is 4.74 Å². The van der Waals surface area contributed by atoms with Gasteiger partial charge in [-0.15, -0.1) is 0 Å². The monoisotopic (exact) mass is 337 g/mol. The average Bonchev–Trinajstić information content (AvgIpc) is 3.15. The zero-order chi connectivity index (χ0) is 17.6. The van der Waals surface area contributed by atoms with Gasteiger partial charge in [-0.05, 0) is 50.6 Å². The fraction of sp³-hybridized carbons (Fsp3) is 0.333. The molecule has 0 saturated carbocycles. The highest BCUT2D eigenvalue weighted by atomic mass is 16.5. The molecule has 0 N–H and O–H groups in total. The van der Waals surface area contributed by atoms with Gasteiger partial charge in [-0.25, -0.2) is 4.79 Å². The first kappa shape index (κ1) is 17.4. The Kier molecular flexibility index (Phi) is 5.61. The molecule has 3 rings (SSSR count). The number of hydrogen-bond acceptors (Lipinski definition) is 4. The number of hydrogen-bond donors (Lipinski definition) is 0. The summed E-state index contributed by atoms with van der Waals surface area (Å²) in [5.41, 5.74) is 2.92. The van der Waals surface area contributed by atoms with Crippen LogP contribution in [0.5, 0.6) is 0 Å². The molecule has 1 fully saturated rings. The Morgan fingerprint density at radius 1 is 0.880 bits per heavy atom. The van der Waals surface area contributed by atoms with E-state index in [1.165, 1.54) is 18.4 Å². The zero-order valence-corrected chi connectivity index (χ0v) is 14.5. The molecule has 0 unspecified atom stereocenters. The van der Waals surface area contributed by atoms with Crippen LogP contribution in [0, 0.1) is 0 Å². The van der Waals surface area contributed by atoms with Gasteiger partial charge in [-0.3, -0.25) is 9.69 Å². The van der Waals surface area contributed by atoms with Gasteiger partial charge in [0.15, 0.2) is 5.78 Å². The third-order valence-electron chi connectivity index (χ3n) is 4.48. The molecule has 0 bridgehead atoms. The molecule has 0 aliphatic carbocycles. The molecule has 4 nitrogen and oxygen atoms in total. The summed E-state index contributed by atoms with van der Waals surface area (Å²) in [5, 5.41) is 0. The summed E-state index contributed by atoms with van der Waals surface area (Å²) in [5.74, 6) is -0.407. The number of nitrogens with zero attached hydrogens (tertiary/aromatic N) is 1. The van der Waals surface area contributed by atoms with Gasteiger partial charge in [0.25, 0.3) is 0 Å². The van der Waals surface area contributed by atoms with Crippen LogP contribution in [0.15, 0.2) is 48.5 Å². The van der Waals surface area contributed by atoms with Gasteiger partial charge >= 0.3 is 5.97 Å². The lowest BCUT2D eigenvalue weighted by molar-refractivity contribution is 0.0526. The molecule has 1 aliphatic rings. The molecule has 0 atom stereocenters. The maximum atomic E-state index is 12.6. The molecule has 2 aromatic rings. The molecule has 1 aliphatic heterocycles. The van der Waals surface area contributed by atoms with Crippen LogP contribution in [-0.4, -0.2) is 36.3 Å². The van der Waals surface area contributed by atoms with E-state index in [1.54, 1.807) is 31.2 Å². The number of benzene rings is 2. The number of esters is 1. The van der Waals surface area contributed by atoms with Gasteiger partial charge in [0.05, 0.1) is 12.2 Å². The quantitative estimate of drug-likeness (QED) is 0.596. The van der Waals surface area contributed by atoms with Gasteiger partial charge in [-0.2, -0.15) is 0 Å². The second-order valence-electron chi connectivity index (χ2n) is 6.31. The van der Waals surface area contributed by atoms with E-state index in [0.717, 1.165) is 19.6 Å². The van der Waals surface area contributed by atoms with Crippen molar-refractivity contribution in [3.8, 4) is 0 Å². The van der Waals surface area contributed by atoms with E-state index in [2.05, 4.69) is 4.90 Å². The number of ether oxygens (including phenoxy) is 1. The molecule has 1 saturated heterocycles. The first-order valence-electron chi connectivity index (χ1n) is 8.80. The summed E-state index contributed by atoms with van der Waals surface area (Å²) in [6.07, 6.45) is 2.55. The van der Waals surface area contributed by atoms with Crippen LogP contribution < -0.4 is 0 Å². The Labute approximate surface area is 148 Å². The maximum absolute atomic E-state index is 12.6. The predicted molar refractivity (Wildman–Crippen MR) is 96.8 cm³/mol. The minimum atomic E-state index is -0.368. The Hall–Kier alpha value is -2.46. The lowest BCUT2D eigenvalue weighted by Crippen LogP contribution is -2.18. The SMILES string of the molecule is CCOC(=O)c1ccc(C(=O)c2ccc(CN3CCCC3)cc2)cc1. The third-order valence-corrected chi connectivity index (χ3v) is 4.48. The Balaban J connectivity index is 1.66. The van der Waals surface area contributed by atoms with Crippen LogP contribution in [0.1, 0.15) is 51.6 Å². The molecule has 0 spiro atoms. The van der Waals surface area contributed by atoms with Gasteiger partial charge in [0, 0.05) is 17.7 Å². The molecular formula is C21H23NO3. The zero-order valence-electron chi connectivity index (χ0n) is 14.5. The highest BCUT2D eigenvalue weighted by Crippen LogP contribution is 2.16. The second kappa shape index (κ2) is 8.08. The average molecular weight is 337 g/mol. The van der Waals surface area contributed by atoms with Crippen molar-refractivity contribution >= 4 is 11.8 Å². The van der Waals surface area contributed by atoms with Gasteiger partial charge in [0.1, 0.15) is 0 Å². The Bertz CT molecular complexity index is 729. The van der Waals surface area contributed by atoms with Crippen molar-refractivity contribution in [3.05, 3.63) is 70.8 Å². The van der Waals surface area contributed by atoms with Crippen LogP contribution in [-0.2, 0) is 11.3 Å². The molecule has 4 heteroatoms. The number of carbonyl (C=O) groups is 2. The number of carbonyl (C=O) groups excluding carboxylic acids is 2. The van der Waals surface area contributed by atoms with Crippen LogP contribution in [0.3, 0.4) is 0 Å². The van der Waals surface area contributed by atoms with Crippen molar-refractivity contribution in [2.45, 2.75) is 26.3 Å². The fourth-order valence-corrected chi connectivity index (χ4v) is 3.10. The smallest absolute Gasteiger partial charge is 0.338 e. The summed E-state index contributed by atoms with van der Waals surface area (Å²) < 4.78 is 4.95. The van der Waals surface area contributed by atoms with E-state index < -0.39 is 0 Å². The van der Waals surface area contributed by atoms with Crippen molar-refractivity contribution in [2.75, 3.05) is 19.7 Å². The highest BCUT2D eigenvalue weighted by molar-refractivity contribution is 6.09. The van der Waals surface area contributed by atoms with Crippen molar-refractivity contribution in [1.82, 2.24) is 4.90 Å². The Morgan fingerprint density at radius 2 is 1.40 bits per heavy atom. The number of likely N-dealkylation sites (tertiary alicyclic amines) is 1. The number of ketones is 1. The van der Waals surface area contributed by atoms with E-state index in [9.17, 15) is 9.59 Å². The normalized spacial score (nSPS) is 14.4. The molecule has 0 aromatic heterocycles. The minimum absolute atomic E-state index is 0.0388. The van der Waals surface area contributed by atoms with Gasteiger partial charge in [-0.1, -0.05) is 36.4 Å². The second-order valence-corrected chi connectivity index (χ2v) is 6.31. The van der Waals surface area contributed by atoms with Crippen LogP contribution >= 0.6 is 0 Å². The number of rotatable bonds is 6. The standard InChI is InChI=1S/C21H23NO3/c1-2-25-21(24)19-11-9-18(10-12-19)20(23)17-7-5-16(6-8-17)15-22-13-3-4-14-22/h5-12H,2-4,13-15H2,1H3. The topological polar surface area (TPSA) is 46.6 Å². The summed E-state index contributed by atoms with van der Waals surface area (Å²) in [6.45, 7) is 5.37. The highest BCUT2D eigenvalue weighted by Gasteiger charge is 2.14. The molecule has 130 valence electrons. The summed E-state index contributed by atoms with van der Waals surface area (Å²) in [6, 6.07) is 14.4. The van der Waals surface area contributed by atoms with Crippen LogP contribution in [0.2, 0.25) is 0 Å². The predicted octanol–water partition coefficient (Wildman–Crippen LogP) is 3.69. The minimum Gasteiger partial charge on any atom is -0.462 e. The largest absolute Gasteiger partial charge is 0.462 e. The summed E-state index contributed by atoms with van der Waals surface area (Å²) >= 11 is 0. The summed E-state index contributed by atoms with van der Waals surface area (Å²) in [4.78, 5) is 26.7. The van der Waals surface area contributed by atoms with Crippen molar-refractivity contribution in [2.24, 2.45) is 0 Å². The molecule has 25 heavy (non-hydrogen) atoms. The maximum Gasteiger partial charge on any atom is 0.338 e. The lowest BCUT2D eigenvalue weighted by Gasteiger charge is -2.14. The molecular weight excluding hydrogens is 314 g/mol. The first-order chi connectivity index (χ1) is 12.2. The van der Waals surface area contributed by atoms with Crippen molar-refractivity contribution in [1.29, 1.82) is 0 Å². The fourth-order valence-electron chi connectivity index (χ4n) is 3.10. The lowest BCUT2D eigenvalue weighted by atomic mass is 10.0. The third kappa shape index (κ3) is 4.34. The molecule has 0 amide bonds. The Morgan fingerprint density at radius 3 is 1.96 bits per heavy atom. The summed E-state index contributed by atoms with van der Waals surface area (Å²) in [7, 11) is 0. The first-order valence-corrected chi connectivity index (χ1v) is 8.80. The van der Waals surface area contributed by atoms with Crippen LogP contribution in [0.25, 0.3) is 0 Å². The van der Waals surface area contributed by atoms with E-state index in [1.807, 2.05) is 24.3 Å². The molecule has 1 heterocycles. The van der Waals surface area contributed by atoms with E-state index >= 15 is 0 Å². The van der Waals surface area contributed by atoms with E-state index in [-0.39, 0.29) is 11.8 Å². The van der Waals surface area contributed by atoms with Gasteiger partial charge < -0.3 is 4.74 Å². The van der Waals surface area contributed by atoms with Gasteiger partial charge in [0.2, 0.25) is 0 Å².